The molecule has 0 saturated carbocycles. The lowest BCUT2D eigenvalue weighted by molar-refractivity contribution is 0.0809. The van der Waals surface area contributed by atoms with Gasteiger partial charge in [0.1, 0.15) is 5.82 Å². The van der Waals surface area contributed by atoms with Gasteiger partial charge in [-0.25, -0.2) is 4.39 Å². The molecule has 0 unspecified atom stereocenters. The van der Waals surface area contributed by atoms with Gasteiger partial charge in [0.15, 0.2) is 0 Å². The highest BCUT2D eigenvalue weighted by molar-refractivity contribution is 5.24. The van der Waals surface area contributed by atoms with Crippen molar-refractivity contribution in [1.29, 1.82) is 0 Å². The Hall–Kier alpha value is -0.890. The molecule has 1 aromatic carbocycles. The first-order valence-electron chi connectivity index (χ1n) is 4.35. The van der Waals surface area contributed by atoms with E-state index < -0.39 is 5.60 Å². The van der Waals surface area contributed by atoms with Gasteiger partial charge in [-0.1, -0.05) is 6.07 Å². The van der Waals surface area contributed by atoms with E-state index in [-0.39, 0.29) is 5.82 Å². The second kappa shape index (κ2) is 3.46. The van der Waals surface area contributed by atoms with Gasteiger partial charge in [0.05, 0.1) is 5.60 Å². The Morgan fingerprint density at radius 2 is 1.92 bits per heavy atom. The third-order valence-electron chi connectivity index (χ3n) is 1.74. The molecule has 0 atom stereocenters. The van der Waals surface area contributed by atoms with Gasteiger partial charge in [-0.15, -0.1) is 0 Å². The van der Waals surface area contributed by atoms with E-state index in [1.54, 1.807) is 13.8 Å². The molecule has 13 heavy (non-hydrogen) atoms. The van der Waals surface area contributed by atoms with Gasteiger partial charge >= 0.3 is 0 Å². The molecule has 0 aliphatic carbocycles. The van der Waals surface area contributed by atoms with Gasteiger partial charge in [-0.05, 0) is 44.0 Å². The summed E-state index contributed by atoms with van der Waals surface area (Å²) in [6.45, 7) is 5.28. The molecule has 1 nitrogen and oxygen atoms in total. The van der Waals surface area contributed by atoms with E-state index >= 15 is 0 Å². The van der Waals surface area contributed by atoms with E-state index in [1.165, 1.54) is 12.1 Å². The van der Waals surface area contributed by atoms with E-state index in [1.807, 2.05) is 13.0 Å². The first kappa shape index (κ1) is 10.2. The number of aliphatic hydroxyl groups is 1. The molecule has 0 aliphatic rings. The van der Waals surface area contributed by atoms with Gasteiger partial charge in [-0.3, -0.25) is 0 Å². The first-order chi connectivity index (χ1) is 5.87. The lowest BCUT2D eigenvalue weighted by Crippen LogP contribution is -2.21. The van der Waals surface area contributed by atoms with Crippen LogP contribution in [-0.4, -0.2) is 10.7 Å². The maximum Gasteiger partial charge on any atom is 0.123 e. The van der Waals surface area contributed by atoms with Gasteiger partial charge < -0.3 is 5.11 Å². The number of aryl methyl sites for hydroxylation is 1. The molecule has 0 amide bonds. The van der Waals surface area contributed by atoms with E-state index in [2.05, 4.69) is 0 Å². The summed E-state index contributed by atoms with van der Waals surface area (Å²) < 4.78 is 12.9. The summed E-state index contributed by atoms with van der Waals surface area (Å²) in [6.07, 6.45) is 0.478. The lowest BCUT2D eigenvalue weighted by atomic mass is 9.97. The average molecular weight is 182 g/mol. The fourth-order valence-corrected chi connectivity index (χ4v) is 1.41. The van der Waals surface area contributed by atoms with Crippen molar-refractivity contribution in [3.8, 4) is 0 Å². The monoisotopic (exact) mass is 182 g/mol. The van der Waals surface area contributed by atoms with Gasteiger partial charge in [0, 0.05) is 6.42 Å². The van der Waals surface area contributed by atoms with Crippen molar-refractivity contribution in [1.82, 2.24) is 0 Å². The van der Waals surface area contributed by atoms with Crippen LogP contribution in [-0.2, 0) is 6.42 Å². The highest BCUT2D eigenvalue weighted by atomic mass is 19.1. The molecule has 0 radical (unpaired) electrons. The number of hydrogen-bond acceptors (Lipinski definition) is 1. The van der Waals surface area contributed by atoms with Crippen molar-refractivity contribution in [3.63, 3.8) is 0 Å². The second-order valence-corrected chi connectivity index (χ2v) is 4.13. The largest absolute Gasteiger partial charge is 0.390 e. The Morgan fingerprint density at radius 1 is 1.31 bits per heavy atom. The van der Waals surface area contributed by atoms with Crippen molar-refractivity contribution in [2.75, 3.05) is 0 Å². The molecule has 1 aromatic rings. The number of hydrogen-bond donors (Lipinski definition) is 1. The molecule has 0 saturated heterocycles. The highest BCUT2D eigenvalue weighted by Crippen LogP contribution is 2.15. The first-order valence-corrected chi connectivity index (χ1v) is 4.35. The van der Waals surface area contributed by atoms with Crippen LogP contribution < -0.4 is 0 Å². The maximum absolute atomic E-state index is 12.9. The number of halogens is 1. The molecular formula is C11H15FO. The zero-order valence-electron chi connectivity index (χ0n) is 8.26. The second-order valence-electron chi connectivity index (χ2n) is 4.13. The van der Waals surface area contributed by atoms with Crippen LogP contribution in [0.3, 0.4) is 0 Å². The average Bonchev–Trinajstić information content (AvgIpc) is 1.78. The lowest BCUT2D eigenvalue weighted by Gasteiger charge is -2.17. The van der Waals surface area contributed by atoms with Crippen LogP contribution in [0.5, 0.6) is 0 Å². The summed E-state index contributed by atoms with van der Waals surface area (Å²) in [5.74, 6) is -0.237. The molecule has 0 aliphatic heterocycles. The van der Waals surface area contributed by atoms with Crippen LogP contribution in [0.15, 0.2) is 18.2 Å². The predicted octanol–water partition coefficient (Wildman–Crippen LogP) is 2.45. The molecule has 1 rings (SSSR count). The fraction of sp³-hybridized carbons (Fsp3) is 0.455. The van der Waals surface area contributed by atoms with Crippen LogP contribution in [0.4, 0.5) is 4.39 Å². The molecule has 0 fully saturated rings. The Kier molecular flexibility index (Phi) is 2.71. The van der Waals surface area contributed by atoms with Crippen LogP contribution in [0.1, 0.15) is 25.0 Å². The normalized spacial score (nSPS) is 11.8. The van der Waals surface area contributed by atoms with Crippen molar-refractivity contribution in [2.24, 2.45) is 0 Å². The van der Waals surface area contributed by atoms with E-state index in [0.717, 1.165) is 11.1 Å². The quantitative estimate of drug-likeness (QED) is 0.744. The van der Waals surface area contributed by atoms with Crippen LogP contribution in [0.25, 0.3) is 0 Å². The third-order valence-corrected chi connectivity index (χ3v) is 1.74. The SMILES string of the molecule is Cc1cc(F)cc(CC(C)(C)O)c1. The molecular weight excluding hydrogens is 167 g/mol. The minimum absolute atomic E-state index is 0.237. The van der Waals surface area contributed by atoms with Crippen molar-refractivity contribution in [2.45, 2.75) is 32.8 Å². The Morgan fingerprint density at radius 3 is 2.38 bits per heavy atom. The number of benzene rings is 1. The highest BCUT2D eigenvalue weighted by Gasteiger charge is 2.13. The molecule has 2 heteroatoms. The Labute approximate surface area is 78.2 Å². The Bertz CT molecular complexity index is 279. The summed E-state index contributed by atoms with van der Waals surface area (Å²) in [5.41, 5.74) is 0.949. The van der Waals surface area contributed by atoms with E-state index in [9.17, 15) is 9.50 Å². The third kappa shape index (κ3) is 3.55. The zero-order valence-corrected chi connectivity index (χ0v) is 8.26. The van der Waals surface area contributed by atoms with Crippen LogP contribution in [0, 0.1) is 12.7 Å². The summed E-state index contributed by atoms with van der Waals surface area (Å²) >= 11 is 0. The van der Waals surface area contributed by atoms with Crippen molar-refractivity contribution in [3.05, 3.63) is 35.1 Å². The van der Waals surface area contributed by atoms with Gasteiger partial charge in [0.2, 0.25) is 0 Å². The summed E-state index contributed by atoms with van der Waals surface area (Å²) in [4.78, 5) is 0. The predicted molar refractivity (Wildman–Crippen MR) is 51.1 cm³/mol. The zero-order chi connectivity index (χ0) is 10.1. The summed E-state index contributed by atoms with van der Waals surface area (Å²) in [7, 11) is 0. The fourth-order valence-electron chi connectivity index (χ4n) is 1.41. The minimum Gasteiger partial charge on any atom is -0.390 e. The van der Waals surface area contributed by atoms with Gasteiger partial charge in [0.25, 0.3) is 0 Å². The summed E-state index contributed by atoms with van der Waals surface area (Å²) in [5, 5.41) is 9.53. The number of rotatable bonds is 2. The van der Waals surface area contributed by atoms with E-state index in [4.69, 9.17) is 0 Å². The Balaban J connectivity index is 2.90. The molecule has 0 spiro atoms. The topological polar surface area (TPSA) is 20.2 Å². The molecule has 72 valence electrons. The van der Waals surface area contributed by atoms with Crippen LogP contribution >= 0.6 is 0 Å². The molecule has 1 N–H and O–H groups in total. The van der Waals surface area contributed by atoms with Crippen molar-refractivity contribution < 1.29 is 9.50 Å². The van der Waals surface area contributed by atoms with Crippen molar-refractivity contribution >= 4 is 0 Å². The molecule has 0 heterocycles. The summed E-state index contributed by atoms with van der Waals surface area (Å²) in [6, 6.07) is 4.83. The molecule has 0 aromatic heterocycles. The molecule has 0 bridgehead atoms. The standard InChI is InChI=1S/C11H15FO/c1-8-4-9(6-10(12)5-8)7-11(2,3)13/h4-6,13H,7H2,1-3H3. The maximum atomic E-state index is 12.9. The van der Waals surface area contributed by atoms with Gasteiger partial charge in [-0.2, -0.15) is 0 Å². The van der Waals surface area contributed by atoms with E-state index in [0.29, 0.717) is 6.42 Å². The van der Waals surface area contributed by atoms with Crippen LogP contribution in [0.2, 0.25) is 0 Å². The smallest absolute Gasteiger partial charge is 0.123 e. The minimum atomic E-state index is -0.778.